The molecule has 334 valence electrons. The number of aliphatic hydroxyl groups excluding tert-OH is 2. The first-order valence-corrected chi connectivity index (χ1v) is 24.7. The highest BCUT2D eigenvalue weighted by molar-refractivity contribution is 5.76. The van der Waals surface area contributed by atoms with Crippen molar-refractivity contribution in [1.82, 2.24) is 5.32 Å². The van der Waals surface area contributed by atoms with Crippen molar-refractivity contribution in [3.05, 3.63) is 36.5 Å². The van der Waals surface area contributed by atoms with Crippen LogP contribution in [0.1, 0.15) is 251 Å². The number of rotatable bonds is 45. The Bertz CT molecular complexity index is 931. The lowest BCUT2D eigenvalue weighted by molar-refractivity contribution is -0.143. The molecule has 0 bridgehead atoms. The maximum atomic E-state index is 12.4. The van der Waals surface area contributed by atoms with Crippen molar-refractivity contribution >= 4 is 11.9 Å². The molecule has 0 radical (unpaired) electrons. The third-order valence-corrected chi connectivity index (χ3v) is 11.2. The number of nitrogens with one attached hydrogen (secondary N) is 1. The zero-order valence-corrected chi connectivity index (χ0v) is 37.8. The van der Waals surface area contributed by atoms with Gasteiger partial charge in [0.15, 0.2) is 0 Å². The minimum absolute atomic E-state index is 0.0453. The number of allylic oxidation sites excluding steroid dienone is 6. The van der Waals surface area contributed by atoms with E-state index < -0.39 is 12.1 Å². The predicted molar refractivity (Wildman–Crippen MR) is 246 cm³/mol. The molecule has 0 saturated heterocycles. The molecule has 0 aromatic heterocycles. The maximum Gasteiger partial charge on any atom is 0.305 e. The van der Waals surface area contributed by atoms with Gasteiger partial charge in [-0.15, -0.1) is 0 Å². The SMILES string of the molecule is CCCCCC/C=C\C/C=C\CCCCCCCC(=O)OCCCC/C=C\CCCCCCCC(=O)NC(CO)C(O)CCCCCCCCCCCCCCC. The summed E-state index contributed by atoms with van der Waals surface area (Å²) in [7, 11) is 0. The number of unbranched alkanes of at least 4 members (excludes halogenated alkanes) is 28. The minimum atomic E-state index is -0.682. The van der Waals surface area contributed by atoms with Gasteiger partial charge < -0.3 is 20.3 Å². The summed E-state index contributed by atoms with van der Waals surface area (Å²) in [6, 6.07) is -0.563. The second-order valence-corrected chi connectivity index (χ2v) is 16.8. The second-order valence-electron chi connectivity index (χ2n) is 16.8. The lowest BCUT2D eigenvalue weighted by Crippen LogP contribution is -2.45. The van der Waals surface area contributed by atoms with E-state index in [0.29, 0.717) is 25.9 Å². The van der Waals surface area contributed by atoms with Gasteiger partial charge in [-0.3, -0.25) is 9.59 Å². The van der Waals surface area contributed by atoms with Gasteiger partial charge in [0.2, 0.25) is 5.91 Å². The van der Waals surface area contributed by atoms with Gasteiger partial charge in [0, 0.05) is 12.8 Å². The first kappa shape index (κ1) is 55.1. The van der Waals surface area contributed by atoms with E-state index in [2.05, 4.69) is 55.6 Å². The zero-order valence-electron chi connectivity index (χ0n) is 37.8. The largest absolute Gasteiger partial charge is 0.466 e. The van der Waals surface area contributed by atoms with Gasteiger partial charge in [-0.2, -0.15) is 0 Å². The van der Waals surface area contributed by atoms with Crippen LogP contribution >= 0.6 is 0 Å². The van der Waals surface area contributed by atoms with Crippen LogP contribution in [0.2, 0.25) is 0 Å². The fourth-order valence-electron chi connectivity index (χ4n) is 7.31. The summed E-state index contributed by atoms with van der Waals surface area (Å²) in [6.45, 7) is 4.84. The van der Waals surface area contributed by atoms with Gasteiger partial charge in [-0.05, 0) is 83.5 Å². The number of aliphatic hydroxyl groups is 2. The molecule has 0 aromatic carbocycles. The number of amides is 1. The van der Waals surface area contributed by atoms with E-state index in [1.54, 1.807) is 0 Å². The number of carbonyl (C=O) groups excluding carboxylic acids is 2. The van der Waals surface area contributed by atoms with Crippen molar-refractivity contribution in [1.29, 1.82) is 0 Å². The van der Waals surface area contributed by atoms with E-state index in [4.69, 9.17) is 4.74 Å². The molecule has 57 heavy (non-hydrogen) atoms. The molecule has 0 fully saturated rings. The van der Waals surface area contributed by atoms with Gasteiger partial charge >= 0.3 is 5.97 Å². The number of carbonyl (C=O) groups is 2. The Morgan fingerprint density at radius 1 is 0.491 bits per heavy atom. The zero-order chi connectivity index (χ0) is 41.5. The molecule has 0 spiro atoms. The van der Waals surface area contributed by atoms with Gasteiger partial charge in [0.1, 0.15) is 0 Å². The molecule has 3 N–H and O–H groups in total. The van der Waals surface area contributed by atoms with Crippen LogP contribution in [-0.2, 0) is 14.3 Å². The summed E-state index contributed by atoms with van der Waals surface area (Å²) in [6.07, 6.45) is 55.3. The van der Waals surface area contributed by atoms with E-state index >= 15 is 0 Å². The molecule has 0 heterocycles. The number of hydrogen-bond donors (Lipinski definition) is 3. The topological polar surface area (TPSA) is 95.9 Å². The summed E-state index contributed by atoms with van der Waals surface area (Å²) >= 11 is 0. The Morgan fingerprint density at radius 3 is 1.37 bits per heavy atom. The number of ether oxygens (including phenoxy) is 1. The van der Waals surface area contributed by atoms with Gasteiger partial charge in [-0.1, -0.05) is 192 Å². The Morgan fingerprint density at radius 2 is 0.877 bits per heavy atom. The van der Waals surface area contributed by atoms with Crippen LogP contribution in [0.5, 0.6) is 0 Å². The van der Waals surface area contributed by atoms with Crippen molar-refractivity contribution < 1.29 is 24.5 Å². The Balaban J connectivity index is 3.54. The van der Waals surface area contributed by atoms with E-state index in [1.807, 2.05) is 0 Å². The summed E-state index contributed by atoms with van der Waals surface area (Å²) in [4.78, 5) is 24.4. The normalized spacial score (nSPS) is 13.0. The number of hydrogen-bond acceptors (Lipinski definition) is 5. The molecular formula is C51H95NO5. The molecule has 1 amide bonds. The van der Waals surface area contributed by atoms with Crippen molar-refractivity contribution in [2.24, 2.45) is 0 Å². The van der Waals surface area contributed by atoms with Gasteiger partial charge in [-0.25, -0.2) is 0 Å². The lowest BCUT2D eigenvalue weighted by atomic mass is 10.0. The molecule has 6 heteroatoms. The summed E-state index contributed by atoms with van der Waals surface area (Å²) in [5.41, 5.74) is 0. The first-order chi connectivity index (χ1) is 28.0. The van der Waals surface area contributed by atoms with Crippen LogP contribution < -0.4 is 5.32 Å². The molecule has 2 atom stereocenters. The fourth-order valence-corrected chi connectivity index (χ4v) is 7.31. The second kappa shape index (κ2) is 46.8. The highest BCUT2D eigenvalue weighted by Gasteiger charge is 2.20. The quantitative estimate of drug-likeness (QED) is 0.0324. The lowest BCUT2D eigenvalue weighted by Gasteiger charge is -2.22. The Hall–Kier alpha value is -1.92. The molecule has 0 aliphatic heterocycles. The molecule has 0 saturated carbocycles. The summed E-state index contributed by atoms with van der Waals surface area (Å²) in [5, 5.41) is 23.1. The molecular weight excluding hydrogens is 707 g/mol. The maximum absolute atomic E-state index is 12.4. The van der Waals surface area contributed by atoms with E-state index in [1.165, 1.54) is 122 Å². The first-order valence-electron chi connectivity index (χ1n) is 24.7. The predicted octanol–water partition coefficient (Wildman–Crippen LogP) is 14.5. The van der Waals surface area contributed by atoms with Crippen LogP contribution in [0.3, 0.4) is 0 Å². The van der Waals surface area contributed by atoms with Crippen LogP contribution in [0.4, 0.5) is 0 Å². The highest BCUT2D eigenvalue weighted by atomic mass is 16.5. The van der Waals surface area contributed by atoms with Crippen LogP contribution in [0.15, 0.2) is 36.5 Å². The fraction of sp³-hybridized carbons (Fsp3) is 0.843. The molecule has 6 nitrogen and oxygen atoms in total. The smallest absolute Gasteiger partial charge is 0.305 e. The van der Waals surface area contributed by atoms with Gasteiger partial charge in [0.05, 0.1) is 25.4 Å². The van der Waals surface area contributed by atoms with Crippen molar-refractivity contribution in [3.63, 3.8) is 0 Å². The van der Waals surface area contributed by atoms with Gasteiger partial charge in [0.25, 0.3) is 0 Å². The third kappa shape index (κ3) is 43.5. The minimum Gasteiger partial charge on any atom is -0.466 e. The molecule has 0 aliphatic carbocycles. The van der Waals surface area contributed by atoms with Crippen LogP contribution in [0.25, 0.3) is 0 Å². The van der Waals surface area contributed by atoms with Crippen molar-refractivity contribution in [3.8, 4) is 0 Å². The van der Waals surface area contributed by atoms with Crippen molar-refractivity contribution in [2.45, 2.75) is 264 Å². The van der Waals surface area contributed by atoms with E-state index in [0.717, 1.165) is 96.3 Å². The highest BCUT2D eigenvalue weighted by Crippen LogP contribution is 2.15. The van der Waals surface area contributed by atoms with E-state index in [-0.39, 0.29) is 18.5 Å². The monoisotopic (exact) mass is 802 g/mol. The average molecular weight is 802 g/mol. The van der Waals surface area contributed by atoms with Crippen molar-refractivity contribution in [2.75, 3.05) is 13.2 Å². The standard InChI is InChI=1S/C51H95NO5/c1-3-5-7-9-11-13-15-17-18-19-21-25-29-33-37-41-45-51(56)57-46-42-38-34-30-26-22-24-28-32-36-40-44-50(55)52-48(47-53)49(54)43-39-35-31-27-23-20-16-14-12-10-8-6-4-2/h13,15,18-19,26,30,48-49,53-54H,3-12,14,16-17,20-25,27-29,31-47H2,1-2H3,(H,52,55)/b15-13-,19-18-,30-26-. The Kier molecular flexibility index (Phi) is 45.2. The van der Waals surface area contributed by atoms with Crippen LogP contribution in [0, 0.1) is 0 Å². The summed E-state index contributed by atoms with van der Waals surface area (Å²) < 4.78 is 5.43. The molecule has 0 rings (SSSR count). The number of esters is 1. The molecule has 2 unspecified atom stereocenters. The Labute approximate surface area is 353 Å². The average Bonchev–Trinajstić information content (AvgIpc) is 3.21. The molecule has 0 aliphatic rings. The third-order valence-electron chi connectivity index (χ3n) is 11.2. The van der Waals surface area contributed by atoms with Crippen LogP contribution in [-0.4, -0.2) is 47.4 Å². The molecule has 0 aromatic rings. The van der Waals surface area contributed by atoms with E-state index in [9.17, 15) is 19.8 Å². The summed E-state index contributed by atoms with van der Waals surface area (Å²) in [5.74, 6) is -0.112.